The van der Waals surface area contributed by atoms with E-state index < -0.39 is 6.10 Å². The highest BCUT2D eigenvalue weighted by atomic mass is 16.3. The highest BCUT2D eigenvalue weighted by molar-refractivity contribution is 5.27. The SMILES string of the molecule is Cc1nn(C)c(C)c1C(O)Cc1ccco1. The van der Waals surface area contributed by atoms with Gasteiger partial charge in [0, 0.05) is 24.7 Å². The van der Waals surface area contributed by atoms with E-state index in [1.165, 1.54) is 0 Å². The number of aliphatic hydroxyl groups is 1. The molecule has 0 fully saturated rings. The predicted molar refractivity (Wildman–Crippen MR) is 60.1 cm³/mol. The molecule has 0 radical (unpaired) electrons. The standard InChI is InChI=1S/C12H16N2O2/c1-8-12(9(2)14(3)13-8)11(15)7-10-5-4-6-16-10/h4-6,11,15H,7H2,1-3H3. The molecule has 2 heterocycles. The van der Waals surface area contributed by atoms with Crippen molar-refractivity contribution in [2.45, 2.75) is 26.4 Å². The second-order valence-corrected chi connectivity index (χ2v) is 4.01. The number of aryl methyl sites for hydroxylation is 2. The van der Waals surface area contributed by atoms with Crippen molar-refractivity contribution in [3.8, 4) is 0 Å². The van der Waals surface area contributed by atoms with E-state index in [4.69, 9.17) is 4.42 Å². The van der Waals surface area contributed by atoms with E-state index in [-0.39, 0.29) is 0 Å². The van der Waals surface area contributed by atoms with Crippen molar-refractivity contribution in [3.63, 3.8) is 0 Å². The van der Waals surface area contributed by atoms with E-state index in [0.717, 1.165) is 22.7 Å². The zero-order valence-electron chi connectivity index (χ0n) is 9.77. The molecular weight excluding hydrogens is 204 g/mol. The van der Waals surface area contributed by atoms with E-state index in [1.807, 2.05) is 33.0 Å². The van der Waals surface area contributed by atoms with E-state index in [1.54, 1.807) is 10.9 Å². The first-order chi connectivity index (χ1) is 7.59. The third-order valence-corrected chi connectivity index (χ3v) is 2.87. The van der Waals surface area contributed by atoms with Crippen LogP contribution in [0.3, 0.4) is 0 Å². The number of aromatic nitrogens is 2. The summed E-state index contributed by atoms with van der Waals surface area (Å²) in [6, 6.07) is 3.69. The molecule has 0 aliphatic carbocycles. The van der Waals surface area contributed by atoms with Crippen LogP contribution in [0.1, 0.15) is 28.8 Å². The lowest BCUT2D eigenvalue weighted by Crippen LogP contribution is -2.04. The summed E-state index contributed by atoms with van der Waals surface area (Å²) in [6.45, 7) is 3.87. The molecular formula is C12H16N2O2. The molecule has 0 saturated carbocycles. The molecule has 0 amide bonds. The maximum Gasteiger partial charge on any atom is 0.106 e. The lowest BCUT2D eigenvalue weighted by molar-refractivity contribution is 0.169. The number of furan rings is 1. The van der Waals surface area contributed by atoms with Crippen LogP contribution in [0, 0.1) is 13.8 Å². The molecule has 1 N–H and O–H groups in total. The molecule has 0 spiro atoms. The quantitative estimate of drug-likeness (QED) is 0.859. The van der Waals surface area contributed by atoms with Crippen LogP contribution in [-0.2, 0) is 13.5 Å². The largest absolute Gasteiger partial charge is 0.469 e. The van der Waals surface area contributed by atoms with E-state index in [0.29, 0.717) is 6.42 Å². The first-order valence-corrected chi connectivity index (χ1v) is 5.30. The van der Waals surface area contributed by atoms with E-state index in [9.17, 15) is 5.11 Å². The Bertz CT molecular complexity index is 471. The summed E-state index contributed by atoms with van der Waals surface area (Å²) in [4.78, 5) is 0. The van der Waals surface area contributed by atoms with Gasteiger partial charge in [-0.1, -0.05) is 0 Å². The molecule has 16 heavy (non-hydrogen) atoms. The van der Waals surface area contributed by atoms with Gasteiger partial charge in [0.05, 0.1) is 18.1 Å². The Morgan fingerprint density at radius 2 is 2.25 bits per heavy atom. The van der Waals surface area contributed by atoms with Gasteiger partial charge in [-0.15, -0.1) is 0 Å². The van der Waals surface area contributed by atoms with E-state index >= 15 is 0 Å². The molecule has 1 atom stereocenters. The fraction of sp³-hybridized carbons (Fsp3) is 0.417. The monoisotopic (exact) mass is 220 g/mol. The Morgan fingerprint density at radius 1 is 1.50 bits per heavy atom. The molecule has 4 nitrogen and oxygen atoms in total. The van der Waals surface area contributed by atoms with Crippen molar-refractivity contribution in [1.29, 1.82) is 0 Å². The summed E-state index contributed by atoms with van der Waals surface area (Å²) in [5.74, 6) is 0.787. The summed E-state index contributed by atoms with van der Waals surface area (Å²) in [6.07, 6.45) is 1.55. The Balaban J connectivity index is 2.24. The van der Waals surface area contributed by atoms with Gasteiger partial charge >= 0.3 is 0 Å². The summed E-state index contributed by atoms with van der Waals surface area (Å²) < 4.78 is 7.01. The Hall–Kier alpha value is -1.55. The topological polar surface area (TPSA) is 51.2 Å². The van der Waals surface area contributed by atoms with Crippen molar-refractivity contribution < 1.29 is 9.52 Å². The van der Waals surface area contributed by atoms with Gasteiger partial charge in [-0.05, 0) is 26.0 Å². The molecule has 0 aliphatic heterocycles. The fourth-order valence-electron chi connectivity index (χ4n) is 1.99. The van der Waals surface area contributed by atoms with Crippen LogP contribution in [0.5, 0.6) is 0 Å². The number of rotatable bonds is 3. The molecule has 2 aromatic heterocycles. The molecule has 0 aromatic carbocycles. The maximum absolute atomic E-state index is 10.2. The first kappa shape index (κ1) is 11.0. The predicted octanol–water partition coefficient (Wildman–Crippen LogP) is 1.91. The molecule has 0 bridgehead atoms. The zero-order valence-corrected chi connectivity index (χ0v) is 9.77. The fourth-order valence-corrected chi connectivity index (χ4v) is 1.99. The van der Waals surface area contributed by atoms with Crippen molar-refractivity contribution in [2.24, 2.45) is 7.05 Å². The van der Waals surface area contributed by atoms with Gasteiger partial charge in [0.25, 0.3) is 0 Å². The molecule has 2 rings (SSSR count). The van der Waals surface area contributed by atoms with Gasteiger partial charge in [-0.2, -0.15) is 5.10 Å². The highest BCUT2D eigenvalue weighted by Crippen LogP contribution is 2.24. The third kappa shape index (κ3) is 1.88. The molecule has 0 aliphatic rings. The Kier molecular flexibility index (Phi) is 2.83. The number of hydrogen-bond acceptors (Lipinski definition) is 3. The number of hydrogen-bond donors (Lipinski definition) is 1. The number of aliphatic hydroxyl groups excluding tert-OH is 1. The second-order valence-electron chi connectivity index (χ2n) is 4.01. The van der Waals surface area contributed by atoms with Gasteiger partial charge in [0.2, 0.25) is 0 Å². The van der Waals surface area contributed by atoms with Crippen LogP contribution in [0.4, 0.5) is 0 Å². The highest BCUT2D eigenvalue weighted by Gasteiger charge is 2.19. The normalized spacial score (nSPS) is 13.0. The lowest BCUT2D eigenvalue weighted by Gasteiger charge is -2.09. The molecule has 0 saturated heterocycles. The van der Waals surface area contributed by atoms with Gasteiger partial charge in [0.15, 0.2) is 0 Å². The lowest BCUT2D eigenvalue weighted by atomic mass is 10.0. The van der Waals surface area contributed by atoms with Crippen molar-refractivity contribution in [2.75, 3.05) is 0 Å². The number of nitrogens with zero attached hydrogens (tertiary/aromatic N) is 2. The van der Waals surface area contributed by atoms with Gasteiger partial charge in [-0.25, -0.2) is 0 Å². The summed E-state index contributed by atoms with van der Waals surface area (Å²) in [5.41, 5.74) is 2.77. The second kappa shape index (κ2) is 4.14. The van der Waals surface area contributed by atoms with Crippen molar-refractivity contribution in [3.05, 3.63) is 41.1 Å². The van der Waals surface area contributed by atoms with Crippen LogP contribution in [0.2, 0.25) is 0 Å². The van der Waals surface area contributed by atoms with Crippen molar-refractivity contribution in [1.82, 2.24) is 9.78 Å². The first-order valence-electron chi connectivity index (χ1n) is 5.30. The summed E-state index contributed by atoms with van der Waals surface area (Å²) >= 11 is 0. The van der Waals surface area contributed by atoms with Crippen LogP contribution < -0.4 is 0 Å². The minimum Gasteiger partial charge on any atom is -0.469 e. The molecule has 1 unspecified atom stereocenters. The van der Waals surface area contributed by atoms with Crippen LogP contribution in [-0.4, -0.2) is 14.9 Å². The van der Waals surface area contributed by atoms with Crippen molar-refractivity contribution >= 4 is 0 Å². The van der Waals surface area contributed by atoms with E-state index in [2.05, 4.69) is 5.10 Å². The zero-order chi connectivity index (χ0) is 11.7. The summed E-state index contributed by atoms with van der Waals surface area (Å²) in [7, 11) is 1.88. The minimum atomic E-state index is -0.556. The smallest absolute Gasteiger partial charge is 0.106 e. The third-order valence-electron chi connectivity index (χ3n) is 2.87. The van der Waals surface area contributed by atoms with Gasteiger partial charge < -0.3 is 9.52 Å². The summed E-state index contributed by atoms with van der Waals surface area (Å²) in [5, 5.41) is 14.4. The average Bonchev–Trinajstić information content (AvgIpc) is 2.77. The minimum absolute atomic E-state index is 0.486. The van der Waals surface area contributed by atoms with Gasteiger partial charge in [0.1, 0.15) is 5.76 Å². The van der Waals surface area contributed by atoms with Gasteiger partial charge in [-0.3, -0.25) is 4.68 Å². The Morgan fingerprint density at radius 3 is 2.75 bits per heavy atom. The average molecular weight is 220 g/mol. The Labute approximate surface area is 94.5 Å². The van der Waals surface area contributed by atoms with Crippen LogP contribution >= 0.6 is 0 Å². The van der Waals surface area contributed by atoms with Crippen LogP contribution in [0.25, 0.3) is 0 Å². The van der Waals surface area contributed by atoms with Crippen LogP contribution in [0.15, 0.2) is 22.8 Å². The molecule has 2 aromatic rings. The molecule has 4 heteroatoms. The molecule has 86 valence electrons. The maximum atomic E-state index is 10.2.